The number of hydrogen-bond donors (Lipinski definition) is 1. The van der Waals surface area contributed by atoms with Gasteiger partial charge in [0.05, 0.1) is 16.7 Å². The zero-order chi connectivity index (χ0) is 11.7. The van der Waals surface area contributed by atoms with Crippen molar-refractivity contribution in [2.75, 3.05) is 7.05 Å². The van der Waals surface area contributed by atoms with Crippen molar-refractivity contribution in [3.05, 3.63) is 36.4 Å². The fraction of sp³-hybridized carbons (Fsp3) is 0.364. The maximum Gasteiger partial charge on any atom is 0.0900 e. The Morgan fingerprint density at radius 3 is 2.56 bits per heavy atom. The van der Waals surface area contributed by atoms with Crippen LogP contribution in [0.15, 0.2) is 15.2 Å². The summed E-state index contributed by atoms with van der Waals surface area (Å²) in [6.07, 6.45) is 0. The van der Waals surface area contributed by atoms with Crippen molar-refractivity contribution in [3.63, 3.8) is 0 Å². The number of thiophene rings is 1. The molecule has 2 aromatic rings. The predicted molar refractivity (Wildman–Crippen MR) is 74.5 cm³/mol. The molecule has 0 aliphatic rings. The van der Waals surface area contributed by atoms with Crippen LogP contribution in [0, 0.1) is 13.8 Å². The van der Waals surface area contributed by atoms with Gasteiger partial charge in [-0.1, -0.05) is 0 Å². The van der Waals surface area contributed by atoms with Crippen LogP contribution in [0.4, 0.5) is 0 Å². The van der Waals surface area contributed by atoms with Crippen LogP contribution in [0.2, 0.25) is 0 Å². The van der Waals surface area contributed by atoms with Crippen LogP contribution in [-0.2, 0) is 0 Å². The van der Waals surface area contributed by atoms with Gasteiger partial charge >= 0.3 is 0 Å². The molecular formula is C11H13BrN2S2. The molecule has 1 atom stereocenters. The van der Waals surface area contributed by atoms with Crippen LogP contribution < -0.4 is 5.32 Å². The van der Waals surface area contributed by atoms with Crippen LogP contribution in [-0.4, -0.2) is 12.0 Å². The van der Waals surface area contributed by atoms with Crippen LogP contribution in [0.3, 0.4) is 0 Å². The quantitative estimate of drug-likeness (QED) is 0.929. The third-order valence-electron chi connectivity index (χ3n) is 2.44. The summed E-state index contributed by atoms with van der Waals surface area (Å²) in [5.74, 6) is 0. The van der Waals surface area contributed by atoms with Crippen LogP contribution in [0.5, 0.6) is 0 Å². The number of halogens is 1. The van der Waals surface area contributed by atoms with Gasteiger partial charge in [-0.25, -0.2) is 4.98 Å². The fourth-order valence-electron chi connectivity index (χ4n) is 1.74. The monoisotopic (exact) mass is 316 g/mol. The fourth-order valence-corrected chi connectivity index (χ4v) is 4.35. The second kappa shape index (κ2) is 4.96. The minimum absolute atomic E-state index is 0.242. The first-order chi connectivity index (χ1) is 7.63. The summed E-state index contributed by atoms with van der Waals surface area (Å²) < 4.78 is 1.17. The lowest BCUT2D eigenvalue weighted by atomic mass is 10.1. The number of nitrogens with zero attached hydrogens (tertiary/aromatic N) is 1. The molecule has 2 aromatic heterocycles. The average molecular weight is 317 g/mol. The van der Waals surface area contributed by atoms with E-state index in [1.165, 1.54) is 14.9 Å². The van der Waals surface area contributed by atoms with E-state index in [1.807, 2.05) is 7.05 Å². The topological polar surface area (TPSA) is 24.9 Å². The summed E-state index contributed by atoms with van der Waals surface area (Å²) in [7, 11) is 1.99. The van der Waals surface area contributed by atoms with E-state index in [-0.39, 0.29) is 6.04 Å². The molecule has 0 aromatic carbocycles. The highest BCUT2D eigenvalue weighted by molar-refractivity contribution is 9.10. The van der Waals surface area contributed by atoms with Crippen LogP contribution in [0.25, 0.3) is 0 Å². The largest absolute Gasteiger partial charge is 0.309 e. The van der Waals surface area contributed by atoms with E-state index in [2.05, 4.69) is 50.8 Å². The highest BCUT2D eigenvalue weighted by atomic mass is 79.9. The lowest BCUT2D eigenvalue weighted by Crippen LogP contribution is -2.17. The van der Waals surface area contributed by atoms with E-state index in [1.54, 1.807) is 22.7 Å². The van der Waals surface area contributed by atoms with Gasteiger partial charge in [0.15, 0.2) is 0 Å². The predicted octanol–water partition coefficient (Wildman–Crippen LogP) is 3.89. The molecule has 0 radical (unpaired) electrons. The molecule has 5 heteroatoms. The zero-order valence-corrected chi connectivity index (χ0v) is 12.6. The van der Waals surface area contributed by atoms with Crippen molar-refractivity contribution in [2.24, 2.45) is 0 Å². The molecule has 0 saturated carbocycles. The smallest absolute Gasteiger partial charge is 0.0900 e. The van der Waals surface area contributed by atoms with E-state index in [9.17, 15) is 0 Å². The van der Waals surface area contributed by atoms with Crippen LogP contribution in [0.1, 0.15) is 27.2 Å². The molecule has 0 spiro atoms. The SMILES string of the molecule is CNC(c1cscc1Br)c1sc(C)nc1C. The van der Waals surface area contributed by atoms with Gasteiger partial charge in [-0.05, 0) is 47.8 Å². The van der Waals surface area contributed by atoms with Gasteiger partial charge in [0.1, 0.15) is 0 Å². The Kier molecular flexibility index (Phi) is 3.79. The Hall–Kier alpha value is -0.230. The third kappa shape index (κ3) is 2.22. The van der Waals surface area contributed by atoms with E-state index < -0.39 is 0 Å². The molecule has 2 nitrogen and oxygen atoms in total. The Labute approximate surface area is 112 Å². The number of aromatic nitrogens is 1. The van der Waals surface area contributed by atoms with Crippen LogP contribution >= 0.6 is 38.6 Å². The molecule has 0 saturated heterocycles. The second-order valence-electron chi connectivity index (χ2n) is 3.58. The van der Waals surface area contributed by atoms with Gasteiger partial charge < -0.3 is 5.32 Å². The Bertz CT molecular complexity index is 490. The number of aryl methyl sites for hydroxylation is 2. The number of thiazole rings is 1. The van der Waals surface area contributed by atoms with E-state index in [4.69, 9.17) is 0 Å². The molecule has 0 amide bonds. The summed E-state index contributed by atoms with van der Waals surface area (Å²) in [5, 5.41) is 8.78. The molecule has 0 aliphatic carbocycles. The minimum Gasteiger partial charge on any atom is -0.309 e. The lowest BCUT2D eigenvalue weighted by Gasteiger charge is -2.14. The first kappa shape index (κ1) is 12.2. The molecule has 1 N–H and O–H groups in total. The summed E-state index contributed by atoms with van der Waals surface area (Å²) in [4.78, 5) is 5.79. The van der Waals surface area contributed by atoms with E-state index >= 15 is 0 Å². The molecule has 0 bridgehead atoms. The van der Waals surface area contributed by atoms with Crippen molar-refractivity contribution in [3.8, 4) is 0 Å². The van der Waals surface area contributed by atoms with Gasteiger partial charge in [-0.3, -0.25) is 0 Å². The van der Waals surface area contributed by atoms with Gasteiger partial charge in [-0.2, -0.15) is 11.3 Å². The summed E-state index contributed by atoms with van der Waals surface area (Å²) in [5.41, 5.74) is 2.42. The van der Waals surface area contributed by atoms with Crippen molar-refractivity contribution < 1.29 is 0 Å². The molecule has 0 aliphatic heterocycles. The highest BCUT2D eigenvalue weighted by Crippen LogP contribution is 2.35. The summed E-state index contributed by atoms with van der Waals surface area (Å²) in [6, 6.07) is 0.242. The number of hydrogen-bond acceptors (Lipinski definition) is 4. The first-order valence-corrected chi connectivity index (χ1v) is 7.51. The van der Waals surface area contributed by atoms with Gasteiger partial charge in [0.25, 0.3) is 0 Å². The van der Waals surface area contributed by atoms with Crippen molar-refractivity contribution in [1.29, 1.82) is 0 Å². The Morgan fingerprint density at radius 2 is 2.12 bits per heavy atom. The molecule has 0 fully saturated rings. The summed E-state index contributed by atoms with van der Waals surface area (Å²) in [6.45, 7) is 4.12. The minimum atomic E-state index is 0.242. The standard InChI is InChI=1S/C11H13BrN2S2/c1-6-11(16-7(2)14-6)10(13-3)8-4-15-5-9(8)12/h4-5,10,13H,1-3H3. The third-order valence-corrected chi connectivity index (χ3v) is 5.33. The molecule has 2 heterocycles. The van der Waals surface area contributed by atoms with Gasteiger partial charge in [0, 0.05) is 14.7 Å². The Balaban J connectivity index is 2.44. The molecular weight excluding hydrogens is 304 g/mol. The molecule has 1 unspecified atom stereocenters. The maximum atomic E-state index is 4.49. The summed E-state index contributed by atoms with van der Waals surface area (Å²) >= 11 is 7.07. The lowest BCUT2D eigenvalue weighted by molar-refractivity contribution is 0.697. The van der Waals surface area contributed by atoms with Gasteiger partial charge in [-0.15, -0.1) is 11.3 Å². The zero-order valence-electron chi connectivity index (χ0n) is 9.37. The van der Waals surface area contributed by atoms with Crippen molar-refractivity contribution in [2.45, 2.75) is 19.9 Å². The Morgan fingerprint density at radius 1 is 1.38 bits per heavy atom. The molecule has 86 valence electrons. The van der Waals surface area contributed by atoms with Crippen molar-refractivity contribution in [1.82, 2.24) is 10.3 Å². The molecule has 16 heavy (non-hydrogen) atoms. The van der Waals surface area contributed by atoms with E-state index in [0.717, 1.165) is 10.7 Å². The number of rotatable bonds is 3. The second-order valence-corrected chi connectivity index (χ2v) is 6.41. The number of nitrogens with one attached hydrogen (secondary N) is 1. The maximum absolute atomic E-state index is 4.49. The van der Waals surface area contributed by atoms with Crippen molar-refractivity contribution >= 4 is 38.6 Å². The van der Waals surface area contributed by atoms with Gasteiger partial charge in [0.2, 0.25) is 0 Å². The first-order valence-electron chi connectivity index (χ1n) is 4.96. The van der Waals surface area contributed by atoms with E-state index in [0.29, 0.717) is 0 Å². The highest BCUT2D eigenvalue weighted by Gasteiger charge is 2.20. The average Bonchev–Trinajstić information content (AvgIpc) is 2.77. The normalized spacial score (nSPS) is 13.0. The molecule has 2 rings (SSSR count).